The van der Waals surface area contributed by atoms with Gasteiger partial charge in [0.2, 0.25) is 0 Å². The predicted molar refractivity (Wildman–Crippen MR) is 118 cm³/mol. The number of likely N-dealkylation sites (tertiary alicyclic amines) is 1. The molecule has 1 amide bonds. The van der Waals surface area contributed by atoms with Crippen LogP contribution in [0.4, 0.5) is 0 Å². The van der Waals surface area contributed by atoms with Crippen LogP contribution in [-0.4, -0.2) is 57.0 Å². The molecule has 0 radical (unpaired) electrons. The molecule has 1 aromatic carbocycles. The lowest BCUT2D eigenvalue weighted by molar-refractivity contribution is -0.139. The van der Waals surface area contributed by atoms with Crippen LogP contribution in [0.15, 0.2) is 53.7 Å². The van der Waals surface area contributed by atoms with Gasteiger partial charge in [-0.05, 0) is 31.9 Å². The Kier molecular flexibility index (Phi) is 6.44. The minimum atomic E-state index is -0.611. The van der Waals surface area contributed by atoms with Gasteiger partial charge in [-0.25, -0.2) is 9.97 Å². The van der Waals surface area contributed by atoms with Crippen LogP contribution in [0.2, 0.25) is 0 Å². The van der Waals surface area contributed by atoms with Gasteiger partial charge in [0.1, 0.15) is 17.2 Å². The van der Waals surface area contributed by atoms with E-state index in [1.807, 2.05) is 12.1 Å². The molecule has 3 heterocycles. The number of rotatable bonds is 6. The van der Waals surface area contributed by atoms with Crippen LogP contribution in [-0.2, 0) is 4.79 Å². The molecule has 0 aliphatic carbocycles. The molecule has 1 saturated heterocycles. The molecule has 3 aromatic rings. The van der Waals surface area contributed by atoms with E-state index in [0.717, 1.165) is 0 Å². The SMILES string of the molecule is COc1cccc(OC(C)C(=O)N2CCC(c3cc(=O)[nH]c(-c4cnccn4)n3)CC2)c1. The van der Waals surface area contributed by atoms with E-state index in [0.29, 0.717) is 54.6 Å². The van der Waals surface area contributed by atoms with Crippen molar-refractivity contribution >= 4 is 5.91 Å². The maximum absolute atomic E-state index is 12.9. The average molecular weight is 435 g/mol. The Bertz CT molecular complexity index is 1130. The number of nitrogens with one attached hydrogen (secondary N) is 1. The Hall–Kier alpha value is -3.75. The van der Waals surface area contributed by atoms with Gasteiger partial charge in [0.05, 0.1) is 19.0 Å². The zero-order valence-corrected chi connectivity index (χ0v) is 18.0. The van der Waals surface area contributed by atoms with Gasteiger partial charge in [0.25, 0.3) is 11.5 Å². The highest BCUT2D eigenvalue weighted by Gasteiger charge is 2.28. The van der Waals surface area contributed by atoms with Gasteiger partial charge in [-0.3, -0.25) is 14.6 Å². The van der Waals surface area contributed by atoms with Crippen LogP contribution in [0.5, 0.6) is 11.5 Å². The number of piperidine rings is 1. The highest BCUT2D eigenvalue weighted by atomic mass is 16.5. The Morgan fingerprint density at radius 2 is 1.97 bits per heavy atom. The van der Waals surface area contributed by atoms with Crippen molar-refractivity contribution in [2.75, 3.05) is 20.2 Å². The quantitative estimate of drug-likeness (QED) is 0.633. The maximum Gasteiger partial charge on any atom is 0.263 e. The number of nitrogens with zero attached hydrogens (tertiary/aromatic N) is 4. The van der Waals surface area contributed by atoms with Gasteiger partial charge < -0.3 is 19.4 Å². The molecular weight excluding hydrogens is 410 g/mol. The Morgan fingerprint density at radius 3 is 2.69 bits per heavy atom. The second-order valence-electron chi connectivity index (χ2n) is 7.65. The van der Waals surface area contributed by atoms with Crippen LogP contribution in [0.25, 0.3) is 11.5 Å². The van der Waals surface area contributed by atoms with Gasteiger partial charge in [-0.2, -0.15) is 0 Å². The molecule has 9 nitrogen and oxygen atoms in total. The molecule has 9 heteroatoms. The summed E-state index contributed by atoms with van der Waals surface area (Å²) in [6, 6.07) is 8.72. The molecule has 1 aliphatic rings. The fourth-order valence-electron chi connectivity index (χ4n) is 3.81. The lowest BCUT2D eigenvalue weighted by Crippen LogP contribution is -2.44. The first-order valence-electron chi connectivity index (χ1n) is 10.5. The van der Waals surface area contributed by atoms with E-state index in [4.69, 9.17) is 9.47 Å². The highest BCUT2D eigenvalue weighted by molar-refractivity contribution is 5.81. The molecule has 32 heavy (non-hydrogen) atoms. The second kappa shape index (κ2) is 9.59. The van der Waals surface area contributed by atoms with E-state index in [-0.39, 0.29) is 17.4 Å². The number of carbonyl (C=O) groups excluding carboxylic acids is 1. The molecule has 0 spiro atoms. The third kappa shape index (κ3) is 4.93. The van der Waals surface area contributed by atoms with Crippen LogP contribution in [0.3, 0.4) is 0 Å². The van der Waals surface area contributed by atoms with E-state index in [1.54, 1.807) is 49.7 Å². The number of hydrogen-bond donors (Lipinski definition) is 1. The number of hydrogen-bond acceptors (Lipinski definition) is 7. The fraction of sp³-hybridized carbons (Fsp3) is 0.348. The summed E-state index contributed by atoms with van der Waals surface area (Å²) >= 11 is 0. The standard InChI is InChI=1S/C23H25N5O4/c1-15(32-18-5-3-4-17(12-18)31-2)23(30)28-10-6-16(7-11-28)19-13-21(29)27-22(26-19)20-14-24-8-9-25-20/h3-5,8-9,12-16H,6-7,10-11H2,1-2H3,(H,26,27,29). The van der Waals surface area contributed by atoms with Crippen molar-refractivity contribution in [3.05, 3.63) is 65.0 Å². The number of ether oxygens (including phenoxy) is 2. The first-order chi connectivity index (χ1) is 15.5. The first kappa shape index (κ1) is 21.5. The zero-order valence-electron chi connectivity index (χ0n) is 18.0. The highest BCUT2D eigenvalue weighted by Crippen LogP contribution is 2.28. The maximum atomic E-state index is 12.9. The number of amides is 1. The zero-order chi connectivity index (χ0) is 22.5. The lowest BCUT2D eigenvalue weighted by Gasteiger charge is -2.33. The minimum Gasteiger partial charge on any atom is -0.497 e. The molecule has 1 fully saturated rings. The summed E-state index contributed by atoms with van der Waals surface area (Å²) < 4.78 is 11.0. The number of carbonyl (C=O) groups is 1. The normalized spacial score (nSPS) is 15.2. The van der Waals surface area contributed by atoms with Crippen molar-refractivity contribution < 1.29 is 14.3 Å². The summed E-state index contributed by atoms with van der Waals surface area (Å²) in [6.45, 7) is 2.90. The number of H-pyrrole nitrogens is 1. The molecule has 4 rings (SSSR count). The summed E-state index contributed by atoms with van der Waals surface area (Å²) in [7, 11) is 1.59. The van der Waals surface area contributed by atoms with Crippen LogP contribution in [0, 0.1) is 0 Å². The third-order valence-corrected chi connectivity index (χ3v) is 5.49. The van der Waals surface area contributed by atoms with Crippen molar-refractivity contribution in [2.45, 2.75) is 31.8 Å². The van der Waals surface area contributed by atoms with E-state index in [2.05, 4.69) is 19.9 Å². The van der Waals surface area contributed by atoms with Crippen molar-refractivity contribution in [3.8, 4) is 23.0 Å². The van der Waals surface area contributed by atoms with Crippen LogP contribution < -0.4 is 15.0 Å². The molecule has 1 aliphatic heterocycles. The van der Waals surface area contributed by atoms with Crippen molar-refractivity contribution in [3.63, 3.8) is 0 Å². The van der Waals surface area contributed by atoms with Crippen LogP contribution >= 0.6 is 0 Å². The lowest BCUT2D eigenvalue weighted by atomic mass is 9.93. The summed E-state index contributed by atoms with van der Waals surface area (Å²) in [4.78, 5) is 42.4. The minimum absolute atomic E-state index is 0.0645. The summed E-state index contributed by atoms with van der Waals surface area (Å²) in [5.41, 5.74) is 0.999. The number of aromatic nitrogens is 4. The first-order valence-corrected chi connectivity index (χ1v) is 10.5. The Labute approximate surface area is 185 Å². The molecule has 1 N–H and O–H groups in total. The summed E-state index contributed by atoms with van der Waals surface area (Å²) in [5.74, 6) is 1.69. The molecule has 0 bridgehead atoms. The van der Waals surface area contributed by atoms with Gasteiger partial charge in [0.15, 0.2) is 11.9 Å². The van der Waals surface area contributed by atoms with Crippen LogP contribution in [0.1, 0.15) is 31.4 Å². The van der Waals surface area contributed by atoms with Crippen molar-refractivity contribution in [2.24, 2.45) is 0 Å². The summed E-state index contributed by atoms with van der Waals surface area (Å²) in [6.07, 6.45) is 5.51. The number of methoxy groups -OCH3 is 1. The van der Waals surface area contributed by atoms with E-state index in [9.17, 15) is 9.59 Å². The van der Waals surface area contributed by atoms with Crippen molar-refractivity contribution in [1.29, 1.82) is 0 Å². The molecular formula is C23H25N5O4. The van der Waals surface area contributed by atoms with E-state index in [1.165, 1.54) is 6.07 Å². The average Bonchev–Trinajstić information content (AvgIpc) is 2.84. The smallest absolute Gasteiger partial charge is 0.263 e. The summed E-state index contributed by atoms with van der Waals surface area (Å²) in [5, 5.41) is 0. The fourth-order valence-corrected chi connectivity index (χ4v) is 3.81. The molecule has 166 valence electrons. The predicted octanol–water partition coefficient (Wildman–Crippen LogP) is 2.41. The Morgan fingerprint density at radius 1 is 1.19 bits per heavy atom. The molecule has 1 unspecified atom stereocenters. The van der Waals surface area contributed by atoms with E-state index < -0.39 is 6.10 Å². The molecule has 0 saturated carbocycles. The van der Waals surface area contributed by atoms with Gasteiger partial charge in [-0.15, -0.1) is 0 Å². The number of benzene rings is 1. The Balaban J connectivity index is 1.39. The number of aromatic amines is 1. The molecule has 2 aromatic heterocycles. The van der Waals surface area contributed by atoms with Gasteiger partial charge in [-0.1, -0.05) is 6.07 Å². The third-order valence-electron chi connectivity index (χ3n) is 5.49. The van der Waals surface area contributed by atoms with Gasteiger partial charge in [0, 0.05) is 43.5 Å². The second-order valence-corrected chi connectivity index (χ2v) is 7.65. The monoisotopic (exact) mass is 435 g/mol. The van der Waals surface area contributed by atoms with Gasteiger partial charge >= 0.3 is 0 Å². The topological polar surface area (TPSA) is 110 Å². The van der Waals surface area contributed by atoms with Crippen molar-refractivity contribution in [1.82, 2.24) is 24.8 Å². The molecule has 1 atom stereocenters. The largest absolute Gasteiger partial charge is 0.497 e. The van der Waals surface area contributed by atoms with E-state index >= 15 is 0 Å².